The van der Waals surface area contributed by atoms with Gasteiger partial charge >= 0.3 is 6.61 Å². The smallest absolute Gasteiger partial charge is 0.387 e. The van der Waals surface area contributed by atoms with E-state index in [1.54, 1.807) is 24.3 Å². The van der Waals surface area contributed by atoms with Gasteiger partial charge in [-0.15, -0.1) is 0 Å². The van der Waals surface area contributed by atoms with Crippen molar-refractivity contribution in [3.05, 3.63) is 36.0 Å². The van der Waals surface area contributed by atoms with Gasteiger partial charge in [-0.3, -0.25) is 9.80 Å². The molecule has 0 spiro atoms. The number of aromatic nitrogens is 2. The number of anilines is 1. The number of hydrogen-bond donors (Lipinski definition) is 0. The van der Waals surface area contributed by atoms with Crippen LogP contribution in [0.1, 0.15) is 25.5 Å². The number of rotatable bonds is 8. The molecule has 2 saturated heterocycles. The third-order valence-corrected chi connectivity index (χ3v) is 6.15. The fourth-order valence-corrected chi connectivity index (χ4v) is 4.23. The molecule has 176 valence electrons. The summed E-state index contributed by atoms with van der Waals surface area (Å²) in [6.07, 6.45) is 0. The monoisotopic (exact) mass is 449 g/mol. The minimum atomic E-state index is -2.82. The molecule has 0 radical (unpaired) electrons. The molecule has 0 saturated carbocycles. The average molecular weight is 450 g/mol. The molecule has 0 unspecified atom stereocenters. The molecule has 0 amide bonds. The molecule has 4 rings (SSSR count). The third-order valence-electron chi connectivity index (χ3n) is 6.15. The maximum Gasteiger partial charge on any atom is 0.387 e. The van der Waals surface area contributed by atoms with Gasteiger partial charge in [0, 0.05) is 64.1 Å². The summed E-state index contributed by atoms with van der Waals surface area (Å²) >= 11 is 0. The molecule has 3 heterocycles. The minimum Gasteiger partial charge on any atom is -0.435 e. The molecule has 2 aromatic rings. The van der Waals surface area contributed by atoms with E-state index in [-0.39, 0.29) is 11.7 Å². The lowest BCUT2D eigenvalue weighted by Gasteiger charge is -2.36. The Labute approximate surface area is 188 Å². The van der Waals surface area contributed by atoms with Gasteiger partial charge in [-0.25, -0.2) is 4.68 Å². The highest BCUT2D eigenvalue weighted by Crippen LogP contribution is 2.26. The van der Waals surface area contributed by atoms with Crippen LogP contribution in [-0.4, -0.2) is 91.8 Å². The maximum absolute atomic E-state index is 12.4. The van der Waals surface area contributed by atoms with E-state index in [1.165, 1.54) is 0 Å². The van der Waals surface area contributed by atoms with Crippen LogP contribution in [0.5, 0.6) is 5.75 Å². The van der Waals surface area contributed by atoms with Gasteiger partial charge in [0.15, 0.2) is 5.82 Å². The van der Waals surface area contributed by atoms with E-state index in [4.69, 9.17) is 9.84 Å². The Hall–Kier alpha value is -2.23. The maximum atomic E-state index is 12.4. The van der Waals surface area contributed by atoms with Crippen molar-refractivity contribution in [1.82, 2.24) is 19.6 Å². The summed E-state index contributed by atoms with van der Waals surface area (Å²) in [6.45, 7) is 11.3. The Morgan fingerprint density at radius 1 is 0.938 bits per heavy atom. The highest BCUT2D eigenvalue weighted by molar-refractivity contribution is 5.46. The number of piperazine rings is 1. The predicted molar refractivity (Wildman–Crippen MR) is 120 cm³/mol. The second-order valence-corrected chi connectivity index (χ2v) is 8.65. The van der Waals surface area contributed by atoms with Crippen LogP contribution in [0.25, 0.3) is 5.69 Å². The first kappa shape index (κ1) is 22.9. The Morgan fingerprint density at radius 3 is 2.16 bits per heavy atom. The molecule has 32 heavy (non-hydrogen) atoms. The van der Waals surface area contributed by atoms with Crippen LogP contribution >= 0.6 is 0 Å². The number of alkyl halides is 2. The minimum absolute atomic E-state index is 0.149. The van der Waals surface area contributed by atoms with Gasteiger partial charge in [-0.1, -0.05) is 13.8 Å². The standard InChI is InChI=1S/C23H33F2N5O2/c1-18(2)21-17-22(26-30(21)19-3-5-20(6-4-19)32-23(24)25)29-11-9-27(10-12-29)7-8-28-13-15-31-16-14-28/h3-6,17-18,23H,7-16H2,1-2H3. The first-order valence-corrected chi connectivity index (χ1v) is 11.4. The van der Waals surface area contributed by atoms with E-state index in [0.717, 1.165) is 82.8 Å². The van der Waals surface area contributed by atoms with E-state index in [1.807, 2.05) is 4.68 Å². The van der Waals surface area contributed by atoms with Crippen LogP contribution in [0, 0.1) is 0 Å². The number of benzene rings is 1. The van der Waals surface area contributed by atoms with Crippen LogP contribution in [0.15, 0.2) is 30.3 Å². The number of nitrogens with zero attached hydrogens (tertiary/aromatic N) is 5. The van der Waals surface area contributed by atoms with Crippen LogP contribution in [-0.2, 0) is 4.74 Å². The molecule has 9 heteroatoms. The number of halogens is 2. The zero-order valence-electron chi connectivity index (χ0n) is 18.9. The highest BCUT2D eigenvalue weighted by atomic mass is 19.3. The van der Waals surface area contributed by atoms with Crippen molar-refractivity contribution in [2.75, 3.05) is 70.5 Å². The SMILES string of the molecule is CC(C)c1cc(N2CCN(CCN3CCOCC3)CC2)nn1-c1ccc(OC(F)F)cc1. The quantitative estimate of drug-likeness (QED) is 0.617. The van der Waals surface area contributed by atoms with Crippen molar-refractivity contribution in [2.24, 2.45) is 0 Å². The summed E-state index contributed by atoms with van der Waals surface area (Å²) in [6, 6.07) is 8.80. The first-order chi connectivity index (χ1) is 15.5. The number of hydrogen-bond acceptors (Lipinski definition) is 6. The summed E-state index contributed by atoms with van der Waals surface area (Å²) in [7, 11) is 0. The van der Waals surface area contributed by atoms with Crippen molar-refractivity contribution in [3.8, 4) is 11.4 Å². The lowest BCUT2D eigenvalue weighted by atomic mass is 10.1. The molecule has 2 aliphatic heterocycles. The predicted octanol–water partition coefficient (Wildman–Crippen LogP) is 3.05. The van der Waals surface area contributed by atoms with Gasteiger partial charge in [0.25, 0.3) is 0 Å². The molecule has 0 aliphatic carbocycles. The Morgan fingerprint density at radius 2 is 1.56 bits per heavy atom. The average Bonchev–Trinajstić information content (AvgIpc) is 3.25. The van der Waals surface area contributed by atoms with Gasteiger partial charge in [0.1, 0.15) is 5.75 Å². The Kier molecular flexibility index (Phi) is 7.59. The van der Waals surface area contributed by atoms with Crippen molar-refractivity contribution in [1.29, 1.82) is 0 Å². The molecular formula is C23H33F2N5O2. The van der Waals surface area contributed by atoms with E-state index in [2.05, 4.69) is 39.4 Å². The summed E-state index contributed by atoms with van der Waals surface area (Å²) in [4.78, 5) is 7.33. The van der Waals surface area contributed by atoms with Gasteiger partial charge < -0.3 is 14.4 Å². The van der Waals surface area contributed by atoms with Gasteiger partial charge in [0.05, 0.1) is 18.9 Å². The van der Waals surface area contributed by atoms with Crippen LogP contribution in [0.3, 0.4) is 0 Å². The number of ether oxygens (including phenoxy) is 2. The first-order valence-electron chi connectivity index (χ1n) is 11.4. The van der Waals surface area contributed by atoms with Crippen molar-refractivity contribution < 1.29 is 18.3 Å². The van der Waals surface area contributed by atoms with E-state index in [0.29, 0.717) is 0 Å². The fraction of sp³-hybridized carbons (Fsp3) is 0.609. The van der Waals surface area contributed by atoms with Gasteiger partial charge in [-0.2, -0.15) is 13.9 Å². The second-order valence-electron chi connectivity index (χ2n) is 8.65. The normalized spacial score (nSPS) is 18.6. The molecule has 1 aromatic carbocycles. The van der Waals surface area contributed by atoms with Crippen LogP contribution < -0.4 is 9.64 Å². The highest BCUT2D eigenvalue weighted by Gasteiger charge is 2.22. The van der Waals surface area contributed by atoms with Crippen molar-refractivity contribution in [3.63, 3.8) is 0 Å². The van der Waals surface area contributed by atoms with Crippen molar-refractivity contribution >= 4 is 5.82 Å². The van der Waals surface area contributed by atoms with Crippen LogP contribution in [0.4, 0.5) is 14.6 Å². The molecule has 7 nitrogen and oxygen atoms in total. The summed E-state index contributed by atoms with van der Waals surface area (Å²) in [5.74, 6) is 1.40. The summed E-state index contributed by atoms with van der Waals surface area (Å²) < 4.78 is 36.7. The van der Waals surface area contributed by atoms with E-state index < -0.39 is 6.61 Å². The lowest BCUT2D eigenvalue weighted by Crippen LogP contribution is -2.49. The summed E-state index contributed by atoms with van der Waals surface area (Å²) in [5.41, 5.74) is 1.93. The molecular weight excluding hydrogens is 416 g/mol. The molecule has 2 fully saturated rings. The molecule has 2 aliphatic rings. The third kappa shape index (κ3) is 5.76. The molecule has 0 N–H and O–H groups in total. The topological polar surface area (TPSA) is 46.0 Å². The lowest BCUT2D eigenvalue weighted by molar-refractivity contribution is -0.0498. The molecule has 1 aromatic heterocycles. The number of morpholine rings is 1. The fourth-order valence-electron chi connectivity index (χ4n) is 4.23. The molecule has 0 atom stereocenters. The Bertz CT molecular complexity index is 845. The zero-order chi connectivity index (χ0) is 22.5. The van der Waals surface area contributed by atoms with Crippen molar-refractivity contribution in [2.45, 2.75) is 26.4 Å². The second kappa shape index (κ2) is 10.6. The van der Waals surface area contributed by atoms with E-state index >= 15 is 0 Å². The zero-order valence-corrected chi connectivity index (χ0v) is 18.9. The van der Waals surface area contributed by atoms with E-state index in [9.17, 15) is 8.78 Å². The van der Waals surface area contributed by atoms with Gasteiger partial charge in [-0.05, 0) is 30.2 Å². The van der Waals surface area contributed by atoms with Gasteiger partial charge in [0.2, 0.25) is 0 Å². The Balaban J connectivity index is 1.38. The molecule has 0 bridgehead atoms. The summed E-state index contributed by atoms with van der Waals surface area (Å²) in [5, 5.41) is 4.87. The largest absolute Gasteiger partial charge is 0.435 e. The van der Waals surface area contributed by atoms with Crippen LogP contribution in [0.2, 0.25) is 0 Å².